The fraction of sp³-hybridized carbons (Fsp3) is 0.280. The molecule has 4 nitrogen and oxygen atoms in total. The van der Waals surface area contributed by atoms with E-state index in [1.54, 1.807) is 19.1 Å². The van der Waals surface area contributed by atoms with Crippen molar-refractivity contribution in [3.63, 3.8) is 0 Å². The van der Waals surface area contributed by atoms with E-state index in [2.05, 4.69) is 71.3 Å². The molecule has 0 aliphatic carbocycles. The van der Waals surface area contributed by atoms with Crippen LogP contribution in [0.4, 0.5) is 5.69 Å². The summed E-state index contributed by atoms with van der Waals surface area (Å²) in [7, 11) is 3.87. The zero-order valence-corrected chi connectivity index (χ0v) is 18.3. The van der Waals surface area contributed by atoms with Gasteiger partial charge in [-0.2, -0.15) is 0 Å². The molecule has 0 amide bonds. The molecule has 1 unspecified atom stereocenters. The lowest BCUT2D eigenvalue weighted by Gasteiger charge is -2.22. The van der Waals surface area contributed by atoms with Gasteiger partial charge in [0.1, 0.15) is 12.4 Å². The molecule has 0 saturated carbocycles. The van der Waals surface area contributed by atoms with Crippen LogP contribution in [-0.2, 0) is 11.3 Å². The molecule has 4 rings (SSSR count). The first-order valence-corrected chi connectivity index (χ1v) is 11.1. The van der Waals surface area contributed by atoms with Crippen molar-refractivity contribution in [2.75, 3.05) is 31.6 Å². The third kappa shape index (κ3) is 4.81. The Hall–Kier alpha value is -2.47. The van der Waals surface area contributed by atoms with Crippen molar-refractivity contribution >= 4 is 17.6 Å². The van der Waals surface area contributed by atoms with E-state index in [-0.39, 0.29) is 6.04 Å². The van der Waals surface area contributed by atoms with Crippen LogP contribution < -0.4 is 14.4 Å². The summed E-state index contributed by atoms with van der Waals surface area (Å²) in [5, 5.41) is 3.75. The van der Waals surface area contributed by atoms with Crippen LogP contribution in [0.3, 0.4) is 0 Å². The monoisotopic (exact) mass is 420 g/mol. The molecule has 1 atom stereocenters. The molecule has 1 heterocycles. The molecule has 156 valence electrons. The number of nitrogens with one attached hydrogen (secondary N) is 1. The Bertz CT molecular complexity index is 964. The highest BCUT2D eigenvalue weighted by molar-refractivity contribution is 8.00. The lowest BCUT2D eigenvalue weighted by molar-refractivity contribution is 0.193. The minimum absolute atomic E-state index is 0.133. The van der Waals surface area contributed by atoms with E-state index in [1.807, 2.05) is 18.2 Å². The molecule has 0 fully saturated rings. The summed E-state index contributed by atoms with van der Waals surface area (Å²) < 4.78 is 13.6. The smallest absolute Gasteiger partial charge is 0.121 e. The van der Waals surface area contributed by atoms with E-state index in [1.165, 1.54) is 27.3 Å². The lowest BCUT2D eigenvalue weighted by Crippen LogP contribution is -2.25. The molecule has 0 radical (unpaired) electrons. The fourth-order valence-corrected chi connectivity index (χ4v) is 4.75. The number of fused-ring (bicyclic) bond motifs is 2. The molecule has 3 aromatic carbocycles. The molecule has 0 spiro atoms. The number of rotatable bonds is 8. The van der Waals surface area contributed by atoms with Crippen LogP contribution in [0, 0.1) is 0 Å². The zero-order chi connectivity index (χ0) is 20.8. The molecule has 3 aromatic rings. The van der Waals surface area contributed by atoms with Crippen LogP contribution in [0.2, 0.25) is 0 Å². The normalized spacial score (nSPS) is 15.3. The van der Waals surface area contributed by atoms with Gasteiger partial charge in [-0.15, -0.1) is 0 Å². The Labute approximate surface area is 183 Å². The average Bonchev–Trinajstić information content (AvgIpc) is 2.90. The van der Waals surface area contributed by atoms with Crippen LogP contribution in [-0.4, -0.2) is 27.3 Å². The molecule has 0 bridgehead atoms. The van der Waals surface area contributed by atoms with Gasteiger partial charge < -0.3 is 19.1 Å². The first kappa shape index (κ1) is 20.8. The maximum absolute atomic E-state index is 6.09. The second kappa shape index (κ2) is 10.0. The third-order valence-corrected chi connectivity index (χ3v) is 6.26. The highest BCUT2D eigenvalue weighted by atomic mass is 32.2. The Balaban J connectivity index is 1.60. The van der Waals surface area contributed by atoms with Gasteiger partial charge in [-0.3, -0.25) is 0 Å². The van der Waals surface area contributed by atoms with Crippen LogP contribution in [0.1, 0.15) is 29.2 Å². The second-order valence-corrected chi connectivity index (χ2v) is 8.53. The molecule has 1 N–H and O–H groups in total. The van der Waals surface area contributed by atoms with E-state index in [4.69, 9.17) is 9.47 Å². The van der Waals surface area contributed by atoms with Crippen molar-refractivity contribution in [3.8, 4) is 5.75 Å². The van der Waals surface area contributed by atoms with Crippen molar-refractivity contribution in [1.82, 2.24) is 5.32 Å². The molecule has 1 aliphatic heterocycles. The molecule has 5 heteroatoms. The number of methoxy groups -OCH3 is 1. The number of hydrogen-bond donors (Lipinski definition) is 1. The topological polar surface area (TPSA) is 33.7 Å². The second-order valence-electron chi connectivity index (χ2n) is 7.35. The Morgan fingerprint density at radius 3 is 2.60 bits per heavy atom. The maximum atomic E-state index is 6.09. The average molecular weight is 421 g/mol. The maximum Gasteiger partial charge on any atom is 0.121 e. The minimum Gasteiger partial charge on any atom is -0.489 e. The number of ether oxygens (including phenoxy) is 2. The van der Waals surface area contributed by atoms with Crippen molar-refractivity contribution in [3.05, 3.63) is 89.5 Å². The molecule has 0 aromatic heterocycles. The van der Waals surface area contributed by atoms with Gasteiger partial charge in [-0.25, -0.2) is 0 Å². The largest absolute Gasteiger partial charge is 0.489 e. The summed E-state index contributed by atoms with van der Waals surface area (Å²) in [6, 6.07) is 25.5. The first-order valence-electron chi connectivity index (χ1n) is 10.3. The van der Waals surface area contributed by atoms with E-state index >= 15 is 0 Å². The zero-order valence-electron chi connectivity index (χ0n) is 17.5. The fourth-order valence-electron chi connectivity index (χ4n) is 3.73. The number of para-hydroxylation sites is 1. The highest BCUT2D eigenvalue weighted by Gasteiger charge is 2.26. The van der Waals surface area contributed by atoms with Gasteiger partial charge >= 0.3 is 0 Å². The highest BCUT2D eigenvalue weighted by Crippen LogP contribution is 2.44. The van der Waals surface area contributed by atoms with Crippen molar-refractivity contribution in [2.45, 2.75) is 24.0 Å². The third-order valence-electron chi connectivity index (χ3n) is 5.24. The van der Waals surface area contributed by atoms with Crippen LogP contribution >= 0.6 is 11.9 Å². The van der Waals surface area contributed by atoms with Gasteiger partial charge in [-0.1, -0.05) is 54.6 Å². The lowest BCUT2D eigenvalue weighted by atomic mass is 9.96. The van der Waals surface area contributed by atoms with Crippen molar-refractivity contribution in [2.24, 2.45) is 0 Å². The molecular formula is C25H28N2O2S. The van der Waals surface area contributed by atoms with Gasteiger partial charge in [0.05, 0.1) is 11.7 Å². The number of nitrogens with zero attached hydrogens (tertiary/aromatic N) is 1. The summed E-state index contributed by atoms with van der Waals surface area (Å²) in [5.74, 6) is 0.891. The van der Waals surface area contributed by atoms with E-state index in [0.29, 0.717) is 6.61 Å². The summed E-state index contributed by atoms with van der Waals surface area (Å²) in [4.78, 5) is 1.21. The van der Waals surface area contributed by atoms with Crippen molar-refractivity contribution < 1.29 is 9.47 Å². The molecule has 1 aliphatic rings. The minimum atomic E-state index is 0.133. The predicted octanol–water partition coefficient (Wildman–Crippen LogP) is 5.44. The van der Waals surface area contributed by atoms with Gasteiger partial charge in [0, 0.05) is 25.7 Å². The number of benzene rings is 3. The quantitative estimate of drug-likeness (QED) is 0.388. The van der Waals surface area contributed by atoms with Crippen LogP contribution in [0.5, 0.6) is 5.75 Å². The Kier molecular flexibility index (Phi) is 6.95. The molecule has 0 saturated heterocycles. The molecule has 30 heavy (non-hydrogen) atoms. The number of hydrogen-bond acceptors (Lipinski definition) is 5. The van der Waals surface area contributed by atoms with Gasteiger partial charge in [0.25, 0.3) is 0 Å². The summed E-state index contributed by atoms with van der Waals surface area (Å²) >= 11 is 1.75. The first-order chi connectivity index (χ1) is 14.8. The van der Waals surface area contributed by atoms with E-state index in [9.17, 15) is 0 Å². The predicted molar refractivity (Wildman–Crippen MR) is 124 cm³/mol. The van der Waals surface area contributed by atoms with Gasteiger partial charge in [0.2, 0.25) is 0 Å². The molecular weight excluding hydrogens is 392 g/mol. The Morgan fingerprint density at radius 1 is 0.967 bits per heavy atom. The van der Waals surface area contributed by atoms with Crippen LogP contribution in [0.15, 0.2) is 77.7 Å². The van der Waals surface area contributed by atoms with Crippen molar-refractivity contribution in [1.29, 1.82) is 0 Å². The van der Waals surface area contributed by atoms with Gasteiger partial charge in [-0.05, 0) is 59.8 Å². The van der Waals surface area contributed by atoms with Crippen LogP contribution in [0.25, 0.3) is 0 Å². The summed E-state index contributed by atoms with van der Waals surface area (Å²) in [6.45, 7) is 2.22. The van der Waals surface area contributed by atoms with E-state index in [0.717, 1.165) is 25.3 Å². The SMILES string of the molecule is COCCCNC1c2ccc(OCc3ccccc3)cc2SN(C)c2ccccc21. The van der Waals surface area contributed by atoms with E-state index < -0.39 is 0 Å². The Morgan fingerprint density at radius 2 is 1.77 bits per heavy atom. The standard InChI is InChI=1S/C25H28N2O2S/c1-27-23-12-7-6-11-21(23)25(26-15-8-16-28-2)22-14-13-20(17-24(22)30-27)29-18-19-9-4-3-5-10-19/h3-7,9-14,17,25-26H,8,15-16,18H2,1-2H3. The summed E-state index contributed by atoms with van der Waals surface area (Å²) in [5.41, 5.74) is 4.97. The summed E-state index contributed by atoms with van der Waals surface area (Å²) in [6.07, 6.45) is 0.978. The van der Waals surface area contributed by atoms with Gasteiger partial charge in [0.15, 0.2) is 0 Å². The number of anilines is 1.